The van der Waals surface area contributed by atoms with Gasteiger partial charge in [-0.1, -0.05) is 0 Å². The molecule has 1 aliphatic rings. The zero-order chi connectivity index (χ0) is 38.6. The van der Waals surface area contributed by atoms with Gasteiger partial charge in [0.2, 0.25) is 0 Å². The predicted molar refractivity (Wildman–Crippen MR) is 245 cm³/mol. The van der Waals surface area contributed by atoms with Crippen molar-refractivity contribution in [3.63, 3.8) is 0 Å². The molecule has 4 nitrogen and oxygen atoms in total. The summed E-state index contributed by atoms with van der Waals surface area (Å²) >= 11 is 16.5. The molecule has 0 aliphatic heterocycles. The third-order valence-corrected chi connectivity index (χ3v) is 26.4. The fourth-order valence-electron chi connectivity index (χ4n) is 7.17. The summed E-state index contributed by atoms with van der Waals surface area (Å²) in [5, 5.41) is 5.51. The molecule has 1 fully saturated rings. The van der Waals surface area contributed by atoms with Gasteiger partial charge < -0.3 is 0 Å². The molecule has 6 aromatic carbocycles. The second-order valence-corrected chi connectivity index (χ2v) is 28.9. The van der Waals surface area contributed by atoms with E-state index in [2.05, 4.69) is 168 Å². The van der Waals surface area contributed by atoms with E-state index in [9.17, 15) is 0 Å². The first-order valence-corrected chi connectivity index (χ1v) is 28.6. The van der Waals surface area contributed by atoms with E-state index in [-0.39, 0.29) is 6.10 Å². The summed E-state index contributed by atoms with van der Waals surface area (Å²) < 4.78 is 44.7. The first-order valence-electron chi connectivity index (χ1n) is 17.8. The fraction of sp³-hybridized carbons (Fsp3) is 0.143. The molecule has 0 spiro atoms. The molecule has 0 amide bonds. The van der Waals surface area contributed by atoms with Gasteiger partial charge in [-0.15, -0.1) is 0 Å². The Kier molecular flexibility index (Phi) is 14.1. The van der Waals surface area contributed by atoms with Crippen LogP contribution in [0.15, 0.2) is 172 Å². The van der Waals surface area contributed by atoms with Gasteiger partial charge in [0.1, 0.15) is 0 Å². The standard InChI is InChI=1S/2C18H12Br3OSi.C6H11O.O.V/c2*19-13-1-7-16(8-2-13)23(22,17-9-3-14(20)4-10-17)18-11-5-15(21)6-12-18;7-6-4-2-1-3-5-6;;/h2*1-12H;6H,1-5H2;;/q3*-1;;+3. The Morgan fingerprint density at radius 2 is 0.600 bits per heavy atom. The van der Waals surface area contributed by atoms with E-state index in [0.717, 1.165) is 90.1 Å². The van der Waals surface area contributed by atoms with Gasteiger partial charge in [-0.2, -0.15) is 0 Å². The summed E-state index contributed by atoms with van der Waals surface area (Å²) in [6.07, 6.45) is 4.38. The van der Waals surface area contributed by atoms with Gasteiger partial charge in [0.15, 0.2) is 0 Å². The van der Waals surface area contributed by atoms with Crippen LogP contribution in [0.25, 0.3) is 0 Å². The zero-order valence-corrected chi connectivity index (χ0v) is 42.2. The first kappa shape index (κ1) is 42.0. The van der Waals surface area contributed by atoms with Crippen molar-refractivity contribution < 1.29 is 29.1 Å². The Morgan fingerprint density at radius 3 is 0.818 bits per heavy atom. The Balaban J connectivity index is 1.54. The fourth-order valence-corrected chi connectivity index (χ4v) is 24.0. The summed E-state index contributed by atoms with van der Waals surface area (Å²) in [6.45, 7) is 0. The van der Waals surface area contributed by atoms with Crippen LogP contribution < -0.4 is 31.1 Å². The number of hydrogen-bond acceptors (Lipinski definition) is 4. The topological polar surface area (TPSA) is 44.8 Å². The maximum absolute atomic E-state index is 16.8. The third-order valence-electron chi connectivity index (χ3n) is 9.83. The van der Waals surface area contributed by atoms with Crippen LogP contribution in [0.1, 0.15) is 32.1 Å². The second-order valence-electron chi connectivity index (χ2n) is 13.4. The molecule has 0 saturated heterocycles. The maximum atomic E-state index is 16.8. The van der Waals surface area contributed by atoms with E-state index >= 15 is 3.67 Å². The molecule has 282 valence electrons. The first-order chi connectivity index (χ1) is 26.5. The summed E-state index contributed by atoms with van der Waals surface area (Å²) in [6, 6.07) is 49.1. The van der Waals surface area contributed by atoms with Crippen LogP contribution in [0.2, 0.25) is 0 Å². The van der Waals surface area contributed by atoms with Gasteiger partial charge in [-0.3, -0.25) is 0 Å². The van der Waals surface area contributed by atoms with Crippen molar-refractivity contribution >= 4 is 143 Å². The van der Waals surface area contributed by atoms with Crippen LogP contribution in [0.3, 0.4) is 0 Å². The molecule has 13 heteroatoms. The van der Waals surface area contributed by atoms with Crippen molar-refractivity contribution in [3.8, 4) is 0 Å². The molecule has 7 rings (SSSR count). The number of halogens is 6. The number of hydrogen-bond donors (Lipinski definition) is 0. The van der Waals surface area contributed by atoms with Gasteiger partial charge in [-0.25, -0.2) is 0 Å². The Bertz CT molecular complexity index is 1880. The van der Waals surface area contributed by atoms with E-state index in [1.165, 1.54) is 0 Å². The Hall–Kier alpha value is -1.10. The van der Waals surface area contributed by atoms with Crippen molar-refractivity contribution in [3.05, 3.63) is 172 Å². The summed E-state index contributed by atoms with van der Waals surface area (Å²) in [7, 11) is -7.38. The molecule has 0 radical (unpaired) electrons. The van der Waals surface area contributed by atoms with Crippen LogP contribution >= 0.6 is 95.6 Å². The van der Waals surface area contributed by atoms with Gasteiger partial charge in [0, 0.05) is 0 Å². The van der Waals surface area contributed by atoms with Crippen molar-refractivity contribution in [1.82, 2.24) is 0 Å². The van der Waals surface area contributed by atoms with E-state index in [0.29, 0.717) is 0 Å². The summed E-state index contributed by atoms with van der Waals surface area (Å²) in [5.41, 5.74) is 0. The van der Waals surface area contributed by atoms with Crippen LogP contribution in [0.4, 0.5) is 0 Å². The molecular formula is C42H35Br6O4Si2V. The third kappa shape index (κ3) is 9.53. The molecule has 1 saturated carbocycles. The molecule has 0 atom stereocenters. The van der Waals surface area contributed by atoms with Crippen molar-refractivity contribution in [2.75, 3.05) is 0 Å². The SMILES string of the molecule is [O]=[V]([O]C1CCCCC1)([O][Si](c1ccc(Br)cc1)(c1ccc(Br)cc1)c1ccc(Br)cc1)[O][Si](c1ccc(Br)cc1)(c1ccc(Br)cc1)c1ccc(Br)cc1. The van der Waals surface area contributed by atoms with Gasteiger partial charge >= 0.3 is 383 Å². The number of benzene rings is 6. The van der Waals surface area contributed by atoms with E-state index in [1.807, 2.05) is 72.8 Å². The average molecular weight is 1190 g/mol. The normalized spacial score (nSPS) is 14.2. The quantitative estimate of drug-likeness (QED) is 0.0905. The molecule has 1 aliphatic carbocycles. The Morgan fingerprint density at radius 1 is 0.382 bits per heavy atom. The zero-order valence-electron chi connectivity index (χ0n) is 29.3. The van der Waals surface area contributed by atoms with E-state index in [4.69, 9.17) is 10.4 Å². The number of rotatable bonds is 12. The van der Waals surface area contributed by atoms with Crippen LogP contribution in [0, 0.1) is 0 Å². The summed E-state index contributed by atoms with van der Waals surface area (Å²) in [5.74, 6) is 0. The van der Waals surface area contributed by atoms with E-state index in [1.54, 1.807) is 0 Å². The van der Waals surface area contributed by atoms with Crippen LogP contribution in [-0.2, 0) is 29.1 Å². The molecule has 6 aromatic rings. The molecule has 0 N–H and O–H groups in total. The average Bonchev–Trinajstić information content (AvgIpc) is 3.19. The van der Waals surface area contributed by atoms with E-state index < -0.39 is 31.7 Å². The van der Waals surface area contributed by atoms with Crippen molar-refractivity contribution in [1.29, 1.82) is 0 Å². The Labute approximate surface area is 378 Å². The van der Waals surface area contributed by atoms with Crippen LogP contribution in [-0.4, -0.2) is 22.7 Å². The molecule has 0 bridgehead atoms. The van der Waals surface area contributed by atoms with Gasteiger partial charge in [-0.05, 0) is 0 Å². The second kappa shape index (κ2) is 18.4. The van der Waals surface area contributed by atoms with Gasteiger partial charge in [0.25, 0.3) is 0 Å². The predicted octanol–water partition coefficient (Wildman–Crippen LogP) is 10.5. The van der Waals surface area contributed by atoms with Crippen molar-refractivity contribution in [2.45, 2.75) is 38.2 Å². The summed E-state index contributed by atoms with van der Waals surface area (Å²) in [4.78, 5) is 0. The minimum atomic E-state index is -5.51. The monoisotopic (exact) mass is 1180 g/mol. The minimum absolute atomic E-state index is 0.281. The molecule has 0 aromatic heterocycles. The van der Waals surface area contributed by atoms with Crippen LogP contribution in [0.5, 0.6) is 0 Å². The molecule has 0 heterocycles. The molecular weight excluding hydrogens is 1150 g/mol. The van der Waals surface area contributed by atoms with Gasteiger partial charge in [0.05, 0.1) is 0 Å². The molecule has 55 heavy (non-hydrogen) atoms. The molecule has 0 unspecified atom stereocenters. The van der Waals surface area contributed by atoms with Crippen molar-refractivity contribution in [2.24, 2.45) is 0 Å².